The van der Waals surface area contributed by atoms with Crippen LogP contribution in [0.5, 0.6) is 0 Å². The fourth-order valence-electron chi connectivity index (χ4n) is 1.49. The number of carboxylic acids is 1. The van der Waals surface area contributed by atoms with Crippen molar-refractivity contribution in [1.29, 1.82) is 0 Å². The van der Waals surface area contributed by atoms with Gasteiger partial charge < -0.3 is 20.5 Å². The van der Waals surface area contributed by atoms with Crippen molar-refractivity contribution in [2.45, 2.75) is 19.9 Å². The van der Waals surface area contributed by atoms with Crippen molar-refractivity contribution in [3.63, 3.8) is 0 Å². The van der Waals surface area contributed by atoms with E-state index >= 15 is 0 Å². The van der Waals surface area contributed by atoms with Gasteiger partial charge >= 0.3 is 18.0 Å². The highest BCUT2D eigenvalue weighted by Crippen LogP contribution is 2.17. The van der Waals surface area contributed by atoms with Crippen LogP contribution in [0, 0.1) is 5.82 Å². The Kier molecular flexibility index (Phi) is 5.65. The van der Waals surface area contributed by atoms with Gasteiger partial charge in [-0.2, -0.15) is 0 Å². The Labute approximate surface area is 120 Å². The molecule has 1 rings (SSSR count). The van der Waals surface area contributed by atoms with Crippen molar-refractivity contribution in [1.82, 2.24) is 5.32 Å². The van der Waals surface area contributed by atoms with E-state index in [9.17, 15) is 18.8 Å². The number of benzene rings is 1. The molecule has 21 heavy (non-hydrogen) atoms. The van der Waals surface area contributed by atoms with Crippen LogP contribution in [-0.4, -0.2) is 35.7 Å². The Morgan fingerprint density at radius 2 is 2.05 bits per heavy atom. The van der Waals surface area contributed by atoms with Gasteiger partial charge in [-0.05, 0) is 32.0 Å². The fraction of sp³-hybridized carbons (Fsp3) is 0.308. The molecular formula is C13H15FN2O5. The van der Waals surface area contributed by atoms with Crippen molar-refractivity contribution in [3.8, 4) is 0 Å². The summed E-state index contributed by atoms with van der Waals surface area (Å²) in [5.41, 5.74) is -0.480. The van der Waals surface area contributed by atoms with Gasteiger partial charge in [-0.25, -0.2) is 18.8 Å². The van der Waals surface area contributed by atoms with Crippen molar-refractivity contribution < 1.29 is 28.6 Å². The number of ether oxygens (including phenoxy) is 1. The summed E-state index contributed by atoms with van der Waals surface area (Å²) >= 11 is 0. The topological polar surface area (TPSA) is 105 Å². The average Bonchev–Trinajstić information content (AvgIpc) is 2.38. The minimum atomic E-state index is -1.32. The van der Waals surface area contributed by atoms with E-state index in [1.807, 2.05) is 0 Å². The number of hydrogen-bond acceptors (Lipinski definition) is 4. The lowest BCUT2D eigenvalue weighted by Gasteiger charge is -2.14. The summed E-state index contributed by atoms with van der Waals surface area (Å²) in [5, 5.41) is 13.4. The highest BCUT2D eigenvalue weighted by atomic mass is 19.1. The van der Waals surface area contributed by atoms with Gasteiger partial charge in [0.05, 0.1) is 17.9 Å². The lowest BCUT2D eigenvalue weighted by molar-refractivity contribution is -0.144. The van der Waals surface area contributed by atoms with Crippen LogP contribution in [0.2, 0.25) is 0 Å². The molecule has 0 saturated carbocycles. The van der Waals surface area contributed by atoms with Crippen LogP contribution >= 0.6 is 0 Å². The number of carbonyl (C=O) groups is 3. The monoisotopic (exact) mass is 298 g/mol. The maximum absolute atomic E-state index is 13.1. The maximum Gasteiger partial charge on any atom is 0.337 e. The van der Waals surface area contributed by atoms with Crippen LogP contribution in [0.25, 0.3) is 0 Å². The highest BCUT2D eigenvalue weighted by Gasteiger charge is 2.18. The van der Waals surface area contributed by atoms with Gasteiger partial charge in [0, 0.05) is 0 Å². The fourth-order valence-corrected chi connectivity index (χ4v) is 1.49. The van der Waals surface area contributed by atoms with Crippen LogP contribution in [0.4, 0.5) is 14.9 Å². The number of rotatable bonds is 5. The van der Waals surface area contributed by atoms with Gasteiger partial charge in [-0.15, -0.1) is 0 Å². The molecule has 1 atom stereocenters. The minimum Gasteiger partial charge on any atom is -0.478 e. The van der Waals surface area contributed by atoms with Gasteiger partial charge in [0.1, 0.15) is 11.9 Å². The average molecular weight is 298 g/mol. The first-order valence-corrected chi connectivity index (χ1v) is 6.12. The number of urea groups is 1. The van der Waals surface area contributed by atoms with Crippen LogP contribution in [0.1, 0.15) is 24.2 Å². The smallest absolute Gasteiger partial charge is 0.337 e. The zero-order valence-electron chi connectivity index (χ0n) is 11.5. The SMILES string of the molecule is CCOC(=O)C(C)NC(=O)Nc1cc(F)ccc1C(=O)O. The molecule has 0 aliphatic rings. The van der Waals surface area contributed by atoms with E-state index in [0.717, 1.165) is 18.2 Å². The second-order valence-corrected chi connectivity index (χ2v) is 4.07. The molecule has 0 fully saturated rings. The molecule has 0 heterocycles. The van der Waals surface area contributed by atoms with E-state index in [-0.39, 0.29) is 17.9 Å². The Morgan fingerprint density at radius 1 is 1.38 bits per heavy atom. The molecule has 2 amide bonds. The third-order valence-electron chi connectivity index (χ3n) is 2.45. The summed E-state index contributed by atoms with van der Waals surface area (Å²) in [6, 6.07) is 1.10. The predicted octanol–water partition coefficient (Wildman–Crippen LogP) is 1.60. The molecule has 8 heteroatoms. The highest BCUT2D eigenvalue weighted by molar-refractivity contribution is 6.00. The molecule has 0 aliphatic heterocycles. The third-order valence-corrected chi connectivity index (χ3v) is 2.45. The molecule has 1 aromatic rings. The standard InChI is InChI=1S/C13H15FN2O5/c1-3-21-12(19)7(2)15-13(20)16-10-6-8(14)4-5-9(10)11(17)18/h4-7H,3H2,1-2H3,(H,17,18)(H2,15,16,20). The summed E-state index contributed by atoms with van der Waals surface area (Å²) in [4.78, 5) is 34.0. The van der Waals surface area contributed by atoms with Crippen molar-refractivity contribution in [2.24, 2.45) is 0 Å². The summed E-state index contributed by atoms with van der Waals surface area (Å²) in [6.07, 6.45) is 0. The Morgan fingerprint density at radius 3 is 2.62 bits per heavy atom. The normalized spacial score (nSPS) is 11.4. The molecule has 0 aliphatic carbocycles. The zero-order valence-corrected chi connectivity index (χ0v) is 11.5. The molecule has 114 valence electrons. The molecule has 0 radical (unpaired) electrons. The van der Waals surface area contributed by atoms with Gasteiger partial charge in [-0.3, -0.25) is 0 Å². The van der Waals surface area contributed by atoms with Gasteiger partial charge in [0.15, 0.2) is 0 Å². The molecule has 0 aromatic heterocycles. The van der Waals surface area contributed by atoms with Crippen LogP contribution in [0.3, 0.4) is 0 Å². The largest absolute Gasteiger partial charge is 0.478 e. The zero-order chi connectivity index (χ0) is 16.0. The quantitative estimate of drug-likeness (QED) is 0.716. The second kappa shape index (κ2) is 7.22. The number of carboxylic acid groups (broad SMARTS) is 1. The molecule has 1 aromatic carbocycles. The van der Waals surface area contributed by atoms with Gasteiger partial charge in [-0.1, -0.05) is 0 Å². The summed E-state index contributed by atoms with van der Waals surface area (Å²) in [6.45, 7) is 3.19. The number of aromatic carboxylic acids is 1. The molecule has 0 saturated heterocycles. The van der Waals surface area contributed by atoms with E-state index < -0.39 is 29.8 Å². The molecule has 3 N–H and O–H groups in total. The van der Waals surface area contributed by atoms with Crippen molar-refractivity contribution in [3.05, 3.63) is 29.6 Å². The predicted molar refractivity (Wildman–Crippen MR) is 71.6 cm³/mol. The lowest BCUT2D eigenvalue weighted by atomic mass is 10.2. The Bertz CT molecular complexity index is 561. The first-order valence-electron chi connectivity index (χ1n) is 6.12. The molecule has 7 nitrogen and oxygen atoms in total. The number of amides is 2. The van der Waals surface area contributed by atoms with Crippen molar-refractivity contribution >= 4 is 23.7 Å². The van der Waals surface area contributed by atoms with E-state index in [1.165, 1.54) is 6.92 Å². The van der Waals surface area contributed by atoms with E-state index in [2.05, 4.69) is 10.6 Å². The lowest BCUT2D eigenvalue weighted by Crippen LogP contribution is -2.42. The number of hydrogen-bond donors (Lipinski definition) is 3. The number of halogens is 1. The van der Waals surface area contributed by atoms with Crippen LogP contribution in [0.15, 0.2) is 18.2 Å². The molecule has 1 unspecified atom stereocenters. The number of carbonyl (C=O) groups excluding carboxylic acids is 2. The second-order valence-electron chi connectivity index (χ2n) is 4.07. The maximum atomic E-state index is 13.1. The Hall–Kier alpha value is -2.64. The van der Waals surface area contributed by atoms with Gasteiger partial charge in [0.25, 0.3) is 0 Å². The molecule has 0 bridgehead atoms. The Balaban J connectivity index is 2.77. The third kappa shape index (κ3) is 4.75. The van der Waals surface area contributed by atoms with Gasteiger partial charge in [0.2, 0.25) is 0 Å². The first-order chi connectivity index (χ1) is 9.85. The van der Waals surface area contributed by atoms with E-state index in [4.69, 9.17) is 9.84 Å². The summed E-state index contributed by atoms with van der Waals surface area (Å²) in [5.74, 6) is -2.65. The molecular weight excluding hydrogens is 283 g/mol. The molecule has 0 spiro atoms. The number of esters is 1. The van der Waals surface area contributed by atoms with Crippen molar-refractivity contribution in [2.75, 3.05) is 11.9 Å². The van der Waals surface area contributed by atoms with Crippen LogP contribution in [-0.2, 0) is 9.53 Å². The number of nitrogens with one attached hydrogen (secondary N) is 2. The summed E-state index contributed by atoms with van der Waals surface area (Å²) in [7, 11) is 0. The minimum absolute atomic E-state index is 0.166. The van der Waals surface area contributed by atoms with E-state index in [0.29, 0.717) is 0 Å². The first kappa shape index (κ1) is 16.4. The van der Waals surface area contributed by atoms with E-state index in [1.54, 1.807) is 6.92 Å². The number of anilines is 1. The summed E-state index contributed by atoms with van der Waals surface area (Å²) < 4.78 is 17.8. The van der Waals surface area contributed by atoms with Crippen LogP contribution < -0.4 is 10.6 Å².